The van der Waals surface area contributed by atoms with Gasteiger partial charge in [0.1, 0.15) is 5.69 Å². The molecule has 1 aromatic heterocycles. The molecule has 0 atom stereocenters. The molecule has 202 valence electrons. The number of aliphatic carboxylic acids is 2. The van der Waals surface area contributed by atoms with Gasteiger partial charge >= 0.3 is 24.3 Å². The number of carboxylic acids is 2. The third kappa shape index (κ3) is 8.64. The van der Waals surface area contributed by atoms with Crippen molar-refractivity contribution < 1.29 is 50.9 Å². The monoisotopic (exact) mass is 527 g/mol. The lowest BCUT2D eigenvalue weighted by molar-refractivity contribution is -0.193. The summed E-state index contributed by atoms with van der Waals surface area (Å²) in [4.78, 5) is 39.3. The number of likely N-dealkylation sites (tertiary alicyclic amines) is 2. The van der Waals surface area contributed by atoms with Gasteiger partial charge in [-0.05, 0) is 63.1 Å². The number of aromatic nitrogens is 1. The molecule has 1 aromatic rings. The van der Waals surface area contributed by atoms with Crippen LogP contribution < -0.4 is 0 Å². The number of hydrogen-bond donors (Lipinski definition) is 2. The highest BCUT2D eigenvalue weighted by molar-refractivity contribution is 5.92. The molecule has 0 radical (unpaired) electrons. The standard InChI is InChI=1S/C18H25N3O.2C2HF3O2/c22-17(16-4-1-2-10-19-16)20-12-8-18(9-13-20)7-3-11-21(18)14-15-5-6-15;2*3-2(4,5)1(6)7/h1-2,4,10,15H,3,5-9,11-14H2;2*(H,6,7). The number of piperidine rings is 1. The fraction of sp³-hybridized carbons (Fsp3) is 0.636. The zero-order valence-corrected chi connectivity index (χ0v) is 19.2. The molecule has 4 rings (SSSR count). The van der Waals surface area contributed by atoms with Crippen molar-refractivity contribution in [1.82, 2.24) is 14.8 Å². The molecule has 1 spiro atoms. The lowest BCUT2D eigenvalue weighted by Gasteiger charge is -2.45. The van der Waals surface area contributed by atoms with Crippen LogP contribution in [0.2, 0.25) is 0 Å². The van der Waals surface area contributed by atoms with Gasteiger partial charge in [-0.2, -0.15) is 26.3 Å². The Kier molecular flexibility index (Phi) is 9.69. The molecule has 0 unspecified atom stereocenters. The number of carbonyl (C=O) groups excluding carboxylic acids is 1. The van der Waals surface area contributed by atoms with Gasteiger partial charge in [-0.3, -0.25) is 14.7 Å². The van der Waals surface area contributed by atoms with Crippen molar-refractivity contribution in [2.45, 2.75) is 56.4 Å². The quantitative estimate of drug-likeness (QED) is 0.575. The molecule has 2 saturated heterocycles. The van der Waals surface area contributed by atoms with Crippen LogP contribution in [0.4, 0.5) is 26.3 Å². The highest BCUT2D eigenvalue weighted by Crippen LogP contribution is 2.41. The van der Waals surface area contributed by atoms with Crippen LogP contribution in [-0.2, 0) is 9.59 Å². The molecule has 36 heavy (non-hydrogen) atoms. The summed E-state index contributed by atoms with van der Waals surface area (Å²) in [6.07, 6.45) is -0.677. The Bertz CT molecular complexity index is 874. The van der Waals surface area contributed by atoms with E-state index < -0.39 is 24.3 Å². The molecule has 1 amide bonds. The van der Waals surface area contributed by atoms with Crippen LogP contribution in [0.15, 0.2) is 24.4 Å². The first-order valence-electron chi connectivity index (χ1n) is 11.2. The predicted molar refractivity (Wildman–Crippen MR) is 113 cm³/mol. The van der Waals surface area contributed by atoms with E-state index in [1.807, 2.05) is 23.1 Å². The number of pyridine rings is 1. The van der Waals surface area contributed by atoms with E-state index in [-0.39, 0.29) is 5.91 Å². The number of carbonyl (C=O) groups is 3. The van der Waals surface area contributed by atoms with E-state index in [0.29, 0.717) is 11.2 Å². The topological polar surface area (TPSA) is 111 Å². The zero-order valence-electron chi connectivity index (χ0n) is 19.2. The molecule has 1 aliphatic carbocycles. The van der Waals surface area contributed by atoms with E-state index >= 15 is 0 Å². The van der Waals surface area contributed by atoms with Gasteiger partial charge in [-0.25, -0.2) is 9.59 Å². The van der Waals surface area contributed by atoms with Crippen molar-refractivity contribution in [2.24, 2.45) is 5.92 Å². The number of hydrogen-bond acceptors (Lipinski definition) is 5. The maximum Gasteiger partial charge on any atom is 0.490 e. The van der Waals surface area contributed by atoms with Gasteiger partial charge < -0.3 is 15.1 Å². The maximum atomic E-state index is 12.5. The van der Waals surface area contributed by atoms with Crippen LogP contribution >= 0.6 is 0 Å². The SMILES string of the molecule is O=C(O)C(F)(F)F.O=C(O)C(F)(F)F.O=C(c1ccccn1)N1CCC2(CCCN2CC2CC2)CC1. The third-order valence-corrected chi connectivity index (χ3v) is 6.27. The largest absolute Gasteiger partial charge is 0.490 e. The van der Waals surface area contributed by atoms with Gasteiger partial charge in [0.05, 0.1) is 0 Å². The van der Waals surface area contributed by atoms with Crippen molar-refractivity contribution in [1.29, 1.82) is 0 Å². The second-order valence-corrected chi connectivity index (χ2v) is 8.83. The summed E-state index contributed by atoms with van der Waals surface area (Å²) >= 11 is 0. The lowest BCUT2D eigenvalue weighted by atomic mass is 9.84. The first kappa shape index (κ1) is 29.3. The normalized spacial score (nSPS) is 19.6. The second-order valence-electron chi connectivity index (χ2n) is 8.83. The minimum atomic E-state index is -5.08. The molecule has 2 aliphatic heterocycles. The van der Waals surface area contributed by atoms with E-state index in [9.17, 15) is 31.1 Å². The number of nitrogens with zero attached hydrogens (tertiary/aromatic N) is 3. The average molecular weight is 527 g/mol. The summed E-state index contributed by atoms with van der Waals surface area (Å²) in [5.74, 6) is -4.45. The predicted octanol–water partition coefficient (Wildman–Crippen LogP) is 3.83. The highest BCUT2D eigenvalue weighted by atomic mass is 19.4. The average Bonchev–Trinajstić information content (AvgIpc) is 3.55. The van der Waals surface area contributed by atoms with Gasteiger partial charge in [-0.15, -0.1) is 0 Å². The van der Waals surface area contributed by atoms with Gasteiger partial charge in [-0.1, -0.05) is 6.07 Å². The Morgan fingerprint density at radius 2 is 1.44 bits per heavy atom. The number of halogens is 6. The fourth-order valence-electron chi connectivity index (χ4n) is 4.23. The van der Waals surface area contributed by atoms with Crippen molar-refractivity contribution in [3.8, 4) is 0 Å². The first-order chi connectivity index (χ1) is 16.7. The molecule has 14 heteroatoms. The minimum absolute atomic E-state index is 0.0992. The van der Waals surface area contributed by atoms with Crippen LogP contribution in [0.1, 0.15) is 49.0 Å². The van der Waals surface area contributed by atoms with E-state index in [1.165, 1.54) is 38.8 Å². The molecular formula is C22H27F6N3O5. The first-order valence-corrected chi connectivity index (χ1v) is 11.2. The number of rotatable bonds is 3. The number of amides is 1. The lowest BCUT2D eigenvalue weighted by Crippen LogP contribution is -2.53. The van der Waals surface area contributed by atoms with Crippen LogP contribution in [0.25, 0.3) is 0 Å². The summed E-state index contributed by atoms with van der Waals surface area (Å²) in [5.41, 5.74) is 0.975. The van der Waals surface area contributed by atoms with Gasteiger partial charge in [0, 0.05) is 31.4 Å². The van der Waals surface area contributed by atoms with Crippen molar-refractivity contribution in [3.05, 3.63) is 30.1 Å². The summed E-state index contributed by atoms with van der Waals surface area (Å²) < 4.78 is 63.5. The maximum absolute atomic E-state index is 12.5. The molecule has 3 heterocycles. The molecule has 2 N–H and O–H groups in total. The molecular weight excluding hydrogens is 500 g/mol. The van der Waals surface area contributed by atoms with Crippen LogP contribution in [0.3, 0.4) is 0 Å². The Morgan fingerprint density at radius 1 is 0.917 bits per heavy atom. The van der Waals surface area contributed by atoms with E-state index in [1.54, 1.807) is 6.20 Å². The molecule has 0 bridgehead atoms. The molecule has 1 saturated carbocycles. The van der Waals surface area contributed by atoms with Gasteiger partial charge in [0.25, 0.3) is 5.91 Å². The van der Waals surface area contributed by atoms with Gasteiger partial charge in [0.2, 0.25) is 0 Å². The molecule has 3 fully saturated rings. The number of carboxylic acid groups (broad SMARTS) is 2. The van der Waals surface area contributed by atoms with Crippen LogP contribution in [0.5, 0.6) is 0 Å². The van der Waals surface area contributed by atoms with Gasteiger partial charge in [0.15, 0.2) is 0 Å². The number of alkyl halides is 6. The molecule has 8 nitrogen and oxygen atoms in total. The summed E-state index contributed by atoms with van der Waals surface area (Å²) in [5, 5.41) is 14.2. The smallest absolute Gasteiger partial charge is 0.475 e. The van der Waals surface area contributed by atoms with Crippen molar-refractivity contribution >= 4 is 17.8 Å². The Hall–Kier alpha value is -2.90. The van der Waals surface area contributed by atoms with Crippen molar-refractivity contribution in [2.75, 3.05) is 26.2 Å². The van der Waals surface area contributed by atoms with Crippen LogP contribution in [-0.4, -0.2) is 86.9 Å². The summed E-state index contributed by atoms with van der Waals surface area (Å²) in [7, 11) is 0. The van der Waals surface area contributed by atoms with Crippen LogP contribution in [0, 0.1) is 5.92 Å². The zero-order chi connectivity index (χ0) is 27.1. The van der Waals surface area contributed by atoms with E-state index in [0.717, 1.165) is 31.8 Å². The summed E-state index contributed by atoms with van der Waals surface area (Å²) in [6, 6.07) is 5.57. The Balaban J connectivity index is 0.000000271. The van der Waals surface area contributed by atoms with E-state index in [2.05, 4.69) is 9.88 Å². The Labute approximate surface area is 202 Å². The fourth-order valence-corrected chi connectivity index (χ4v) is 4.23. The highest BCUT2D eigenvalue weighted by Gasteiger charge is 2.45. The van der Waals surface area contributed by atoms with Crippen molar-refractivity contribution in [3.63, 3.8) is 0 Å². The minimum Gasteiger partial charge on any atom is -0.475 e. The summed E-state index contributed by atoms with van der Waals surface area (Å²) in [6.45, 7) is 4.34. The Morgan fingerprint density at radius 3 is 1.86 bits per heavy atom. The molecule has 0 aromatic carbocycles. The van der Waals surface area contributed by atoms with E-state index in [4.69, 9.17) is 19.8 Å². The molecule has 3 aliphatic rings. The third-order valence-electron chi connectivity index (χ3n) is 6.27. The second kappa shape index (κ2) is 11.9.